The molecule has 0 fully saturated rings. The molecule has 64 valence electrons. The molecule has 0 bridgehead atoms. The summed E-state index contributed by atoms with van der Waals surface area (Å²) in [4.78, 5) is 0. The number of hydrogen-bond donors (Lipinski definition) is 1. The molecule has 2 N–H and O–H groups in total. The van der Waals surface area contributed by atoms with Crippen molar-refractivity contribution >= 4 is 11.6 Å². The first-order valence-electron chi connectivity index (χ1n) is 3.56. The van der Waals surface area contributed by atoms with Gasteiger partial charge in [-0.05, 0) is 12.1 Å². The fourth-order valence-electron chi connectivity index (χ4n) is 1.30. The molecule has 2 nitrogen and oxygen atoms in total. The highest BCUT2D eigenvalue weighted by molar-refractivity contribution is 6.31. The number of ether oxygens (including phenoxy) is 1. The first kappa shape index (κ1) is 7.83. The van der Waals surface area contributed by atoms with Crippen molar-refractivity contribution in [2.45, 2.75) is 6.04 Å². The van der Waals surface area contributed by atoms with E-state index in [1.807, 2.05) is 0 Å². The maximum absolute atomic E-state index is 13.0. The van der Waals surface area contributed by atoms with Crippen LogP contribution >= 0.6 is 11.6 Å². The Morgan fingerprint density at radius 2 is 2.33 bits per heavy atom. The van der Waals surface area contributed by atoms with Gasteiger partial charge >= 0.3 is 0 Å². The Morgan fingerprint density at radius 1 is 1.58 bits per heavy atom. The molecule has 0 aromatic heterocycles. The van der Waals surface area contributed by atoms with Crippen LogP contribution in [0, 0.1) is 5.82 Å². The molecule has 1 heterocycles. The zero-order valence-electron chi connectivity index (χ0n) is 6.18. The number of halogens is 2. The van der Waals surface area contributed by atoms with E-state index in [9.17, 15) is 4.39 Å². The summed E-state index contributed by atoms with van der Waals surface area (Å²) >= 11 is 5.81. The molecule has 2 rings (SSSR count). The molecule has 0 spiro atoms. The van der Waals surface area contributed by atoms with Crippen LogP contribution in [-0.4, -0.2) is 6.61 Å². The molecule has 1 aromatic rings. The summed E-state index contributed by atoms with van der Waals surface area (Å²) in [5.41, 5.74) is 6.22. The van der Waals surface area contributed by atoms with E-state index in [1.165, 1.54) is 12.1 Å². The van der Waals surface area contributed by atoms with Crippen LogP contribution in [0.5, 0.6) is 5.75 Å². The van der Waals surface area contributed by atoms with E-state index >= 15 is 0 Å². The van der Waals surface area contributed by atoms with Crippen molar-refractivity contribution in [2.75, 3.05) is 6.61 Å². The fraction of sp³-hybridized carbons (Fsp3) is 0.250. The molecule has 0 aliphatic carbocycles. The van der Waals surface area contributed by atoms with E-state index in [0.29, 0.717) is 17.2 Å². The minimum atomic E-state index is -0.401. The predicted molar refractivity (Wildman–Crippen MR) is 43.8 cm³/mol. The standard InChI is InChI=1S/C8H7ClFNO/c9-4-1-2-5(10)8-7(4)6(11)3-12-8/h1-2,6H,3,11H2/t6-/m0/s1. The van der Waals surface area contributed by atoms with E-state index < -0.39 is 5.82 Å². The molecule has 0 radical (unpaired) electrons. The highest BCUT2D eigenvalue weighted by atomic mass is 35.5. The molecule has 0 saturated carbocycles. The maximum Gasteiger partial charge on any atom is 0.165 e. The summed E-state index contributed by atoms with van der Waals surface area (Å²) in [7, 11) is 0. The number of fused-ring (bicyclic) bond motifs is 1. The highest BCUT2D eigenvalue weighted by Crippen LogP contribution is 2.38. The van der Waals surface area contributed by atoms with Crippen LogP contribution in [0.25, 0.3) is 0 Å². The number of benzene rings is 1. The van der Waals surface area contributed by atoms with Gasteiger partial charge in [0.15, 0.2) is 11.6 Å². The Hall–Kier alpha value is -0.800. The van der Waals surface area contributed by atoms with Gasteiger partial charge in [0.25, 0.3) is 0 Å². The smallest absolute Gasteiger partial charge is 0.165 e. The Kier molecular flexibility index (Phi) is 1.70. The molecule has 4 heteroatoms. The van der Waals surface area contributed by atoms with Crippen LogP contribution in [0.1, 0.15) is 11.6 Å². The lowest BCUT2D eigenvalue weighted by molar-refractivity contribution is 0.319. The van der Waals surface area contributed by atoms with E-state index in [4.69, 9.17) is 22.1 Å². The van der Waals surface area contributed by atoms with Crippen molar-refractivity contribution in [3.05, 3.63) is 28.5 Å². The molecule has 0 amide bonds. The summed E-state index contributed by atoms with van der Waals surface area (Å²) < 4.78 is 18.0. The molecule has 1 atom stereocenters. The summed E-state index contributed by atoms with van der Waals surface area (Å²) in [6, 6.07) is 2.46. The molecule has 1 aliphatic heterocycles. The zero-order valence-corrected chi connectivity index (χ0v) is 6.94. The van der Waals surface area contributed by atoms with Gasteiger partial charge < -0.3 is 10.5 Å². The molecular weight excluding hydrogens is 181 g/mol. The molecule has 1 aromatic carbocycles. The number of rotatable bonds is 0. The van der Waals surface area contributed by atoms with Crippen molar-refractivity contribution in [3.63, 3.8) is 0 Å². The first-order chi connectivity index (χ1) is 5.70. The molecule has 0 saturated heterocycles. The summed E-state index contributed by atoms with van der Waals surface area (Å²) in [6.07, 6.45) is 0. The molecular formula is C8H7ClFNO. The van der Waals surface area contributed by atoms with Gasteiger partial charge in [-0.3, -0.25) is 0 Å². The quantitative estimate of drug-likeness (QED) is 0.673. The third-order valence-electron chi connectivity index (χ3n) is 1.87. The van der Waals surface area contributed by atoms with Crippen molar-refractivity contribution in [3.8, 4) is 5.75 Å². The second-order valence-electron chi connectivity index (χ2n) is 2.69. The molecule has 12 heavy (non-hydrogen) atoms. The van der Waals surface area contributed by atoms with Crippen LogP contribution in [0.15, 0.2) is 12.1 Å². The monoisotopic (exact) mass is 187 g/mol. The predicted octanol–water partition coefficient (Wildman–Crippen LogP) is 1.87. The third-order valence-corrected chi connectivity index (χ3v) is 2.20. The van der Waals surface area contributed by atoms with E-state index in [2.05, 4.69) is 0 Å². The van der Waals surface area contributed by atoms with Gasteiger partial charge in [-0.25, -0.2) is 4.39 Å². The van der Waals surface area contributed by atoms with Crippen LogP contribution in [0.3, 0.4) is 0 Å². The van der Waals surface area contributed by atoms with Crippen LogP contribution in [0.4, 0.5) is 4.39 Å². The van der Waals surface area contributed by atoms with Crippen LogP contribution < -0.4 is 10.5 Å². The van der Waals surface area contributed by atoms with E-state index in [0.717, 1.165) is 0 Å². The lowest BCUT2D eigenvalue weighted by atomic mass is 10.1. The second kappa shape index (κ2) is 2.61. The lowest BCUT2D eigenvalue weighted by Crippen LogP contribution is -2.11. The van der Waals surface area contributed by atoms with Gasteiger partial charge in [0, 0.05) is 10.6 Å². The fourth-order valence-corrected chi connectivity index (χ4v) is 1.59. The topological polar surface area (TPSA) is 35.2 Å². The van der Waals surface area contributed by atoms with Gasteiger partial charge in [-0.2, -0.15) is 0 Å². The summed E-state index contributed by atoms with van der Waals surface area (Å²) in [6.45, 7) is 0.302. The second-order valence-corrected chi connectivity index (χ2v) is 3.10. The lowest BCUT2D eigenvalue weighted by Gasteiger charge is -2.03. The summed E-state index contributed by atoms with van der Waals surface area (Å²) in [5, 5.41) is 0.469. The Balaban J connectivity index is 2.64. The minimum absolute atomic E-state index is 0.204. The van der Waals surface area contributed by atoms with Gasteiger partial charge in [-0.15, -0.1) is 0 Å². The van der Waals surface area contributed by atoms with E-state index in [-0.39, 0.29) is 11.8 Å². The van der Waals surface area contributed by atoms with Crippen molar-refractivity contribution in [2.24, 2.45) is 5.73 Å². The third kappa shape index (κ3) is 0.974. The average Bonchev–Trinajstić information content (AvgIpc) is 2.42. The van der Waals surface area contributed by atoms with Crippen LogP contribution in [0.2, 0.25) is 5.02 Å². The minimum Gasteiger partial charge on any atom is -0.488 e. The number of nitrogens with two attached hydrogens (primary N) is 1. The molecule has 0 unspecified atom stereocenters. The van der Waals surface area contributed by atoms with Gasteiger partial charge in [-0.1, -0.05) is 11.6 Å². The van der Waals surface area contributed by atoms with Gasteiger partial charge in [0.1, 0.15) is 6.61 Å². The Morgan fingerprint density at radius 3 is 3.00 bits per heavy atom. The zero-order chi connectivity index (χ0) is 8.72. The van der Waals surface area contributed by atoms with Crippen molar-refractivity contribution in [1.82, 2.24) is 0 Å². The number of hydrogen-bond acceptors (Lipinski definition) is 2. The highest BCUT2D eigenvalue weighted by Gasteiger charge is 2.26. The Labute approximate surface area is 74.1 Å². The maximum atomic E-state index is 13.0. The van der Waals surface area contributed by atoms with Crippen LogP contribution in [-0.2, 0) is 0 Å². The van der Waals surface area contributed by atoms with Gasteiger partial charge in [0.05, 0.1) is 6.04 Å². The molecule has 1 aliphatic rings. The normalized spacial score (nSPS) is 20.4. The van der Waals surface area contributed by atoms with Gasteiger partial charge in [0.2, 0.25) is 0 Å². The van der Waals surface area contributed by atoms with E-state index in [1.54, 1.807) is 0 Å². The average molecular weight is 188 g/mol. The largest absolute Gasteiger partial charge is 0.488 e. The summed E-state index contributed by atoms with van der Waals surface area (Å²) in [5.74, 6) is -0.197. The Bertz CT molecular complexity index is 329. The first-order valence-corrected chi connectivity index (χ1v) is 3.94. The van der Waals surface area contributed by atoms with Crippen molar-refractivity contribution in [1.29, 1.82) is 0 Å². The van der Waals surface area contributed by atoms with Crippen molar-refractivity contribution < 1.29 is 9.13 Å². The SMILES string of the molecule is N[C@H]1COc2c(F)ccc(Cl)c21.